The molecule has 0 aromatic rings. The Morgan fingerprint density at radius 3 is 1.51 bits per heavy atom. The van der Waals surface area contributed by atoms with E-state index in [2.05, 4.69) is 6.92 Å². The fourth-order valence-corrected chi connectivity index (χ4v) is 5.52. The molecule has 0 amide bonds. The molecule has 1 aliphatic heterocycles. The van der Waals surface area contributed by atoms with Crippen molar-refractivity contribution in [2.24, 2.45) is 0 Å². The fraction of sp³-hybridized carbons (Fsp3) is 0.892. The number of carbonyl (C=O) groups excluding carboxylic acids is 4. The zero-order chi connectivity index (χ0) is 38.0. The van der Waals surface area contributed by atoms with Crippen molar-refractivity contribution in [3.8, 4) is 0 Å². The maximum absolute atomic E-state index is 13.2. The average molecular weight is 735 g/mol. The SMILES string of the molecule is CCCCCCCC(=O)O[C@@H]1[C@H](OC[C@H](O)[C@@H](O)[C@@H](O)CO)O[C@H](COC(=O)CCCCC)[C@@H](OC(=O)CCCCC)[C@@H]1OC(=O)CCCCC. The second-order valence-electron chi connectivity index (χ2n) is 13.3. The van der Waals surface area contributed by atoms with Crippen molar-refractivity contribution in [2.45, 2.75) is 192 Å². The van der Waals surface area contributed by atoms with E-state index in [0.29, 0.717) is 25.7 Å². The van der Waals surface area contributed by atoms with Crippen LogP contribution in [-0.4, -0.2) is 113 Å². The molecule has 0 spiro atoms. The van der Waals surface area contributed by atoms with Crippen LogP contribution >= 0.6 is 0 Å². The Morgan fingerprint density at radius 1 is 0.569 bits per heavy atom. The summed E-state index contributed by atoms with van der Waals surface area (Å²) in [6.45, 7) is 6.13. The lowest BCUT2D eigenvalue weighted by atomic mass is 9.97. The Morgan fingerprint density at radius 2 is 1.00 bits per heavy atom. The van der Waals surface area contributed by atoms with Gasteiger partial charge in [0, 0.05) is 25.7 Å². The van der Waals surface area contributed by atoms with E-state index in [1.54, 1.807) is 0 Å². The fourth-order valence-electron chi connectivity index (χ4n) is 5.52. The summed E-state index contributed by atoms with van der Waals surface area (Å²) in [5, 5.41) is 39.8. The van der Waals surface area contributed by atoms with Gasteiger partial charge in [0.15, 0.2) is 24.6 Å². The third-order valence-corrected chi connectivity index (χ3v) is 8.65. The molecule has 0 bridgehead atoms. The number of hydrogen-bond donors (Lipinski definition) is 4. The molecule has 0 unspecified atom stereocenters. The van der Waals surface area contributed by atoms with Crippen LogP contribution in [0.5, 0.6) is 0 Å². The van der Waals surface area contributed by atoms with Gasteiger partial charge in [0.25, 0.3) is 0 Å². The van der Waals surface area contributed by atoms with Gasteiger partial charge in [-0.3, -0.25) is 19.2 Å². The highest BCUT2D eigenvalue weighted by atomic mass is 16.7. The quantitative estimate of drug-likeness (QED) is 0.0484. The number of aliphatic hydroxyl groups is 4. The molecule has 1 fully saturated rings. The van der Waals surface area contributed by atoms with Crippen LogP contribution in [0.25, 0.3) is 0 Å². The van der Waals surface area contributed by atoms with E-state index in [-0.39, 0.29) is 25.7 Å². The summed E-state index contributed by atoms with van der Waals surface area (Å²) in [4.78, 5) is 52.2. The lowest BCUT2D eigenvalue weighted by molar-refractivity contribution is -0.313. The smallest absolute Gasteiger partial charge is 0.306 e. The molecule has 0 aliphatic carbocycles. The number of aliphatic hydroxyl groups excluding tert-OH is 4. The number of ether oxygens (including phenoxy) is 6. The number of esters is 4. The molecule has 8 atom stereocenters. The van der Waals surface area contributed by atoms with Crippen molar-refractivity contribution < 1.29 is 68.0 Å². The van der Waals surface area contributed by atoms with Crippen LogP contribution in [0.4, 0.5) is 0 Å². The zero-order valence-electron chi connectivity index (χ0n) is 31.3. The first-order valence-corrected chi connectivity index (χ1v) is 19.2. The highest BCUT2D eigenvalue weighted by Gasteiger charge is 2.53. The second-order valence-corrected chi connectivity index (χ2v) is 13.3. The first-order chi connectivity index (χ1) is 24.5. The molecule has 1 rings (SSSR count). The van der Waals surface area contributed by atoms with Gasteiger partial charge in [0.2, 0.25) is 0 Å². The summed E-state index contributed by atoms with van der Waals surface area (Å²) in [5.41, 5.74) is 0. The molecule has 1 saturated heterocycles. The predicted molar refractivity (Wildman–Crippen MR) is 186 cm³/mol. The van der Waals surface area contributed by atoms with Gasteiger partial charge in [-0.1, -0.05) is 91.9 Å². The van der Waals surface area contributed by atoms with Gasteiger partial charge in [-0.15, -0.1) is 0 Å². The van der Waals surface area contributed by atoms with Gasteiger partial charge < -0.3 is 48.8 Å². The normalized spacial score (nSPS) is 22.1. The molecular formula is C37H66O14. The summed E-state index contributed by atoms with van der Waals surface area (Å²) < 4.78 is 35.2. The van der Waals surface area contributed by atoms with Crippen molar-refractivity contribution in [2.75, 3.05) is 19.8 Å². The Bertz CT molecular complexity index is 962. The molecule has 51 heavy (non-hydrogen) atoms. The second kappa shape index (κ2) is 28.2. The standard InChI is InChI=1S/C37H66O14/c1-5-9-13-14-18-22-32(44)51-36-35(50-31(43)21-17-12-8-4)34(49-30(42)20-16-11-7-3)28(25-46-29(41)19-15-10-6-2)48-37(36)47-24-27(40)33(45)26(39)23-38/h26-28,33-40,45H,5-25H2,1-4H3/t26-,27-,28+,33-,34+,35-,36-,37+/m0/s1. The van der Waals surface area contributed by atoms with Crippen LogP contribution in [0.1, 0.15) is 143 Å². The molecular weight excluding hydrogens is 668 g/mol. The molecule has 1 aliphatic rings. The molecule has 0 aromatic carbocycles. The van der Waals surface area contributed by atoms with Crippen LogP contribution < -0.4 is 0 Å². The number of carbonyl (C=O) groups is 4. The van der Waals surface area contributed by atoms with E-state index in [4.69, 9.17) is 28.4 Å². The largest absolute Gasteiger partial charge is 0.463 e. The molecule has 0 saturated carbocycles. The Kier molecular flexibility index (Phi) is 25.8. The van der Waals surface area contributed by atoms with Crippen molar-refractivity contribution in [1.29, 1.82) is 0 Å². The molecule has 4 N–H and O–H groups in total. The van der Waals surface area contributed by atoms with Crippen LogP contribution in [0.2, 0.25) is 0 Å². The predicted octanol–water partition coefficient (Wildman–Crippen LogP) is 4.18. The van der Waals surface area contributed by atoms with Gasteiger partial charge in [-0.05, 0) is 25.7 Å². The van der Waals surface area contributed by atoms with Gasteiger partial charge in [0.1, 0.15) is 31.0 Å². The van der Waals surface area contributed by atoms with Crippen molar-refractivity contribution in [3.05, 3.63) is 0 Å². The van der Waals surface area contributed by atoms with E-state index in [1.807, 2.05) is 20.8 Å². The van der Waals surface area contributed by atoms with E-state index < -0.39 is 92.7 Å². The van der Waals surface area contributed by atoms with Crippen LogP contribution in [0.15, 0.2) is 0 Å². The number of rotatable bonds is 29. The van der Waals surface area contributed by atoms with Crippen molar-refractivity contribution in [3.63, 3.8) is 0 Å². The summed E-state index contributed by atoms with van der Waals surface area (Å²) >= 11 is 0. The minimum absolute atomic E-state index is 0.0347. The highest BCUT2D eigenvalue weighted by molar-refractivity contribution is 5.72. The highest BCUT2D eigenvalue weighted by Crippen LogP contribution is 2.31. The van der Waals surface area contributed by atoms with E-state index in [0.717, 1.165) is 64.2 Å². The van der Waals surface area contributed by atoms with Gasteiger partial charge in [-0.25, -0.2) is 0 Å². The summed E-state index contributed by atoms with van der Waals surface area (Å²) in [7, 11) is 0. The molecule has 298 valence electrons. The minimum atomic E-state index is -1.80. The Labute approximate surface area is 303 Å². The molecule has 1 heterocycles. The van der Waals surface area contributed by atoms with Crippen molar-refractivity contribution in [1.82, 2.24) is 0 Å². The minimum Gasteiger partial charge on any atom is -0.463 e. The summed E-state index contributed by atoms with van der Waals surface area (Å²) in [6, 6.07) is 0. The molecule has 0 radical (unpaired) electrons. The maximum Gasteiger partial charge on any atom is 0.306 e. The first kappa shape index (κ1) is 46.7. The third kappa shape index (κ3) is 19.3. The Hall–Kier alpha value is -2.36. The zero-order valence-corrected chi connectivity index (χ0v) is 31.3. The van der Waals surface area contributed by atoms with Gasteiger partial charge >= 0.3 is 23.9 Å². The topological polar surface area (TPSA) is 205 Å². The number of unbranched alkanes of at least 4 members (excludes halogenated alkanes) is 10. The summed E-state index contributed by atoms with van der Waals surface area (Å²) in [5.74, 6) is -2.41. The maximum atomic E-state index is 13.2. The van der Waals surface area contributed by atoms with Gasteiger partial charge in [0.05, 0.1) is 13.2 Å². The summed E-state index contributed by atoms with van der Waals surface area (Å²) in [6.07, 6.45) is -1.08. The average Bonchev–Trinajstić information content (AvgIpc) is 3.11. The molecule has 0 aromatic heterocycles. The van der Waals surface area contributed by atoms with Gasteiger partial charge in [-0.2, -0.15) is 0 Å². The molecule has 14 nitrogen and oxygen atoms in total. The third-order valence-electron chi connectivity index (χ3n) is 8.65. The number of hydrogen-bond acceptors (Lipinski definition) is 14. The lowest BCUT2D eigenvalue weighted by Crippen LogP contribution is -2.63. The van der Waals surface area contributed by atoms with Crippen LogP contribution in [0.3, 0.4) is 0 Å². The van der Waals surface area contributed by atoms with Crippen LogP contribution in [0, 0.1) is 0 Å². The van der Waals surface area contributed by atoms with Crippen molar-refractivity contribution >= 4 is 23.9 Å². The molecule has 14 heteroatoms. The van der Waals surface area contributed by atoms with Crippen LogP contribution in [-0.2, 0) is 47.6 Å². The lowest BCUT2D eigenvalue weighted by Gasteiger charge is -2.44. The monoisotopic (exact) mass is 734 g/mol. The van der Waals surface area contributed by atoms with E-state index in [9.17, 15) is 39.6 Å². The first-order valence-electron chi connectivity index (χ1n) is 19.2. The van der Waals surface area contributed by atoms with E-state index >= 15 is 0 Å². The van der Waals surface area contributed by atoms with E-state index in [1.165, 1.54) is 0 Å². The Balaban J connectivity index is 3.52.